The molecule has 142 valence electrons. The molecular formula is C19H19NO6S. The number of rotatable bonds is 4. The summed E-state index contributed by atoms with van der Waals surface area (Å²) in [5, 5.41) is 10.5. The molecule has 7 nitrogen and oxygen atoms in total. The Balaban J connectivity index is 1.69. The number of aliphatic hydroxyl groups excluding tert-OH is 1. The number of esters is 1. The van der Waals surface area contributed by atoms with Gasteiger partial charge in [-0.2, -0.15) is 0 Å². The molecule has 4 unspecified atom stereocenters. The predicted molar refractivity (Wildman–Crippen MR) is 96.1 cm³/mol. The molecule has 0 radical (unpaired) electrons. The third-order valence-corrected chi connectivity index (χ3v) is 6.57. The van der Waals surface area contributed by atoms with E-state index in [1.54, 1.807) is 36.4 Å². The number of para-hydroxylation sites is 1. The van der Waals surface area contributed by atoms with Crippen LogP contribution in [0.15, 0.2) is 53.4 Å². The molecule has 2 aromatic rings. The normalized spacial score (nSPS) is 26.1. The number of ether oxygens (including phenoxy) is 2. The average molecular weight is 389 g/mol. The molecule has 2 aliphatic rings. The summed E-state index contributed by atoms with van der Waals surface area (Å²) in [4.78, 5) is 12.1. The Kier molecular flexibility index (Phi) is 4.41. The first-order chi connectivity index (χ1) is 12.9. The highest BCUT2D eigenvalue weighted by Crippen LogP contribution is 2.49. The van der Waals surface area contributed by atoms with Crippen molar-refractivity contribution < 1.29 is 27.8 Å². The van der Waals surface area contributed by atoms with Gasteiger partial charge in [0.15, 0.2) is 0 Å². The highest BCUT2D eigenvalue weighted by atomic mass is 32.2. The second-order valence-corrected chi connectivity index (χ2v) is 8.37. The van der Waals surface area contributed by atoms with Crippen LogP contribution in [-0.2, 0) is 14.8 Å². The van der Waals surface area contributed by atoms with Crippen molar-refractivity contribution in [3.8, 4) is 5.75 Å². The summed E-state index contributed by atoms with van der Waals surface area (Å²) in [5.41, 5.74) is 0.990. The maximum Gasteiger partial charge on any atom is 0.341 e. The molecule has 8 heteroatoms. The van der Waals surface area contributed by atoms with Crippen LogP contribution < -0.4 is 9.46 Å². The lowest BCUT2D eigenvalue weighted by Crippen LogP contribution is -2.43. The third-order valence-electron chi connectivity index (χ3n) is 5.10. The van der Waals surface area contributed by atoms with Gasteiger partial charge in [0, 0.05) is 17.9 Å². The number of hydrogen-bond donors (Lipinski definition) is 2. The van der Waals surface area contributed by atoms with Crippen LogP contribution in [-0.4, -0.2) is 44.9 Å². The minimum Gasteiger partial charge on any atom is -0.488 e. The predicted octanol–water partition coefficient (Wildman–Crippen LogP) is 1.43. The Bertz CT molecular complexity index is 975. The number of carbonyl (C=O) groups excluding carboxylic acids is 1. The number of carbonyl (C=O) groups is 1. The molecule has 1 saturated carbocycles. The van der Waals surface area contributed by atoms with E-state index in [2.05, 4.69) is 4.72 Å². The Morgan fingerprint density at radius 2 is 1.93 bits per heavy atom. The minimum atomic E-state index is -3.81. The smallest absolute Gasteiger partial charge is 0.341 e. The van der Waals surface area contributed by atoms with E-state index in [4.69, 9.17) is 9.47 Å². The minimum absolute atomic E-state index is 0.128. The number of hydrogen-bond acceptors (Lipinski definition) is 6. The lowest BCUT2D eigenvalue weighted by molar-refractivity contribution is 0.0594. The van der Waals surface area contributed by atoms with Gasteiger partial charge in [-0.15, -0.1) is 0 Å². The van der Waals surface area contributed by atoms with Crippen molar-refractivity contribution in [3.63, 3.8) is 0 Å². The number of methoxy groups -OCH3 is 1. The standard InChI is InChI=1S/C19H19NO6S/c1-25-19(22)13-9-5-8-12-16-15(26-18(12)13)10-14(21)17(16)20-27(23,24)11-6-3-2-4-7-11/h2-9,14-17,20-21H,10H2,1H3. The van der Waals surface area contributed by atoms with Crippen LogP contribution in [0.2, 0.25) is 0 Å². The zero-order chi connectivity index (χ0) is 19.2. The van der Waals surface area contributed by atoms with Crippen molar-refractivity contribution in [1.29, 1.82) is 0 Å². The largest absolute Gasteiger partial charge is 0.488 e. The molecule has 2 aromatic carbocycles. The first-order valence-corrected chi connectivity index (χ1v) is 10.0. The summed E-state index contributed by atoms with van der Waals surface area (Å²) < 4.78 is 38.8. The molecule has 0 saturated heterocycles. The van der Waals surface area contributed by atoms with Crippen molar-refractivity contribution >= 4 is 16.0 Å². The average Bonchev–Trinajstić information content (AvgIpc) is 3.17. The number of benzene rings is 2. The van der Waals surface area contributed by atoms with Gasteiger partial charge in [0.05, 0.1) is 24.2 Å². The van der Waals surface area contributed by atoms with Gasteiger partial charge in [-0.1, -0.05) is 30.3 Å². The van der Waals surface area contributed by atoms with Gasteiger partial charge in [-0.25, -0.2) is 17.9 Å². The lowest BCUT2D eigenvalue weighted by Gasteiger charge is -2.22. The molecule has 4 rings (SSSR count). The quantitative estimate of drug-likeness (QED) is 0.767. The van der Waals surface area contributed by atoms with Gasteiger partial charge >= 0.3 is 5.97 Å². The van der Waals surface area contributed by atoms with Crippen molar-refractivity contribution in [2.45, 2.75) is 35.5 Å². The zero-order valence-corrected chi connectivity index (χ0v) is 15.3. The van der Waals surface area contributed by atoms with E-state index in [0.717, 1.165) is 0 Å². The Hall–Kier alpha value is -2.42. The van der Waals surface area contributed by atoms with E-state index in [1.165, 1.54) is 19.2 Å². The highest BCUT2D eigenvalue weighted by molar-refractivity contribution is 7.89. The highest BCUT2D eigenvalue weighted by Gasteiger charge is 2.51. The first-order valence-electron chi connectivity index (χ1n) is 8.55. The fourth-order valence-electron chi connectivity index (χ4n) is 3.89. The van der Waals surface area contributed by atoms with Gasteiger partial charge in [0.2, 0.25) is 10.0 Å². The third kappa shape index (κ3) is 2.99. The van der Waals surface area contributed by atoms with Crippen LogP contribution >= 0.6 is 0 Å². The summed E-state index contributed by atoms with van der Waals surface area (Å²) in [6.07, 6.45) is -1.04. The topological polar surface area (TPSA) is 102 Å². The fraction of sp³-hybridized carbons (Fsp3) is 0.316. The summed E-state index contributed by atoms with van der Waals surface area (Å²) >= 11 is 0. The molecule has 1 aliphatic carbocycles. The molecule has 1 fully saturated rings. The Morgan fingerprint density at radius 1 is 1.19 bits per heavy atom. The molecule has 0 spiro atoms. The molecule has 2 N–H and O–H groups in total. The molecule has 0 aromatic heterocycles. The van der Waals surface area contributed by atoms with E-state index in [1.807, 2.05) is 0 Å². The molecule has 27 heavy (non-hydrogen) atoms. The van der Waals surface area contributed by atoms with E-state index in [-0.39, 0.29) is 11.3 Å². The van der Waals surface area contributed by atoms with Crippen molar-refractivity contribution in [2.24, 2.45) is 0 Å². The number of nitrogens with one attached hydrogen (secondary N) is 1. The summed E-state index contributed by atoms with van der Waals surface area (Å²) in [6, 6.07) is 12.3. The van der Waals surface area contributed by atoms with Crippen LogP contribution in [0.5, 0.6) is 5.75 Å². The van der Waals surface area contributed by atoms with Crippen molar-refractivity contribution in [1.82, 2.24) is 4.72 Å². The molecule has 1 aliphatic heterocycles. The van der Waals surface area contributed by atoms with Crippen LogP contribution in [0.1, 0.15) is 28.3 Å². The number of sulfonamides is 1. The molecular weight excluding hydrogens is 370 g/mol. The van der Waals surface area contributed by atoms with Gasteiger partial charge in [0.1, 0.15) is 17.4 Å². The lowest BCUT2D eigenvalue weighted by atomic mass is 9.93. The van der Waals surface area contributed by atoms with Crippen LogP contribution in [0, 0.1) is 0 Å². The van der Waals surface area contributed by atoms with Gasteiger partial charge in [-0.05, 0) is 18.2 Å². The second-order valence-electron chi connectivity index (χ2n) is 6.66. The summed E-state index contributed by atoms with van der Waals surface area (Å²) in [7, 11) is -2.52. The maximum absolute atomic E-state index is 12.7. The maximum atomic E-state index is 12.7. The van der Waals surface area contributed by atoms with E-state index >= 15 is 0 Å². The van der Waals surface area contributed by atoms with E-state index in [9.17, 15) is 18.3 Å². The molecule has 0 bridgehead atoms. The van der Waals surface area contributed by atoms with Crippen molar-refractivity contribution in [3.05, 3.63) is 59.7 Å². The summed E-state index contributed by atoms with van der Waals surface area (Å²) in [6.45, 7) is 0. The SMILES string of the molecule is COC(=O)c1cccc2c1OC1CC(O)C(NS(=O)(=O)c3ccccc3)C21. The Labute approximate surface area is 157 Å². The molecule has 1 heterocycles. The summed E-state index contributed by atoms with van der Waals surface area (Å²) in [5.74, 6) is -0.512. The van der Waals surface area contributed by atoms with Gasteiger partial charge in [0.25, 0.3) is 0 Å². The van der Waals surface area contributed by atoms with Crippen LogP contribution in [0.25, 0.3) is 0 Å². The first kappa shape index (κ1) is 18.0. The van der Waals surface area contributed by atoms with Crippen LogP contribution in [0.3, 0.4) is 0 Å². The monoisotopic (exact) mass is 389 g/mol. The van der Waals surface area contributed by atoms with Gasteiger partial charge in [-0.3, -0.25) is 0 Å². The van der Waals surface area contributed by atoms with Gasteiger partial charge < -0.3 is 14.6 Å². The zero-order valence-electron chi connectivity index (χ0n) is 14.5. The molecule has 0 amide bonds. The second kappa shape index (κ2) is 6.63. The van der Waals surface area contributed by atoms with Crippen LogP contribution in [0.4, 0.5) is 0 Å². The molecule has 4 atom stereocenters. The Morgan fingerprint density at radius 3 is 2.63 bits per heavy atom. The fourth-order valence-corrected chi connectivity index (χ4v) is 5.20. The number of fused-ring (bicyclic) bond motifs is 3. The van der Waals surface area contributed by atoms with E-state index < -0.39 is 40.2 Å². The van der Waals surface area contributed by atoms with E-state index in [0.29, 0.717) is 16.9 Å². The van der Waals surface area contributed by atoms with Crippen molar-refractivity contribution in [2.75, 3.05) is 7.11 Å². The number of aliphatic hydroxyl groups is 1.